The van der Waals surface area contributed by atoms with Crippen LogP contribution < -0.4 is 10.5 Å². The third-order valence-electron chi connectivity index (χ3n) is 5.96. The molecule has 0 aliphatic carbocycles. The first-order chi connectivity index (χ1) is 16.7. The van der Waals surface area contributed by atoms with Crippen molar-refractivity contribution in [3.8, 4) is 23.0 Å². The highest BCUT2D eigenvalue weighted by Crippen LogP contribution is 2.57. The fraction of sp³-hybridized carbons (Fsp3) is 0.160. The lowest BCUT2D eigenvalue weighted by molar-refractivity contribution is -0.137. The molecule has 1 amide bonds. The first-order valence-corrected chi connectivity index (χ1v) is 11.6. The number of fused-ring (bicyclic) bond motifs is 6. The summed E-state index contributed by atoms with van der Waals surface area (Å²) >= 11 is 1.08. The van der Waals surface area contributed by atoms with Crippen LogP contribution in [0.2, 0.25) is 0 Å². The van der Waals surface area contributed by atoms with Crippen LogP contribution in [-0.4, -0.2) is 38.9 Å². The lowest BCUT2D eigenvalue weighted by Crippen LogP contribution is -2.32. The molecule has 9 nitrogen and oxygen atoms in total. The molecule has 0 saturated heterocycles. The average molecular weight is 493 g/mol. The minimum atomic E-state index is -1.40. The number of phenols is 2. The molecule has 10 heteroatoms. The van der Waals surface area contributed by atoms with E-state index in [0.717, 1.165) is 11.8 Å². The number of thioether (sulfide) groups is 1. The molecule has 2 aliphatic heterocycles. The highest BCUT2D eigenvalue weighted by atomic mass is 32.2. The number of nitrogens with two attached hydrogens (primary N) is 1. The largest absolute Gasteiger partial charge is 0.508 e. The Morgan fingerprint density at radius 1 is 0.943 bits per heavy atom. The van der Waals surface area contributed by atoms with E-state index in [-0.39, 0.29) is 40.7 Å². The van der Waals surface area contributed by atoms with Crippen LogP contribution in [0.15, 0.2) is 54.6 Å². The van der Waals surface area contributed by atoms with Crippen molar-refractivity contribution in [2.24, 2.45) is 5.73 Å². The van der Waals surface area contributed by atoms with E-state index >= 15 is 0 Å². The number of carbonyl (C=O) groups is 3. The zero-order chi connectivity index (χ0) is 24.9. The number of hydrogen-bond acceptors (Lipinski definition) is 8. The van der Waals surface area contributed by atoms with Crippen LogP contribution in [0.3, 0.4) is 0 Å². The predicted molar refractivity (Wildman–Crippen MR) is 125 cm³/mol. The van der Waals surface area contributed by atoms with E-state index < -0.39 is 28.7 Å². The summed E-state index contributed by atoms with van der Waals surface area (Å²) in [7, 11) is 0. The summed E-state index contributed by atoms with van der Waals surface area (Å²) in [6.45, 7) is 0. The molecule has 5 rings (SSSR count). The summed E-state index contributed by atoms with van der Waals surface area (Å²) in [6.07, 6.45) is -0.269. The van der Waals surface area contributed by atoms with Crippen molar-refractivity contribution in [1.82, 2.24) is 0 Å². The topological polar surface area (TPSA) is 156 Å². The molecule has 2 aliphatic rings. The molecule has 0 bridgehead atoms. The Hall–Kier alpha value is -4.18. The van der Waals surface area contributed by atoms with Gasteiger partial charge in [-0.05, 0) is 35.9 Å². The Morgan fingerprint density at radius 2 is 1.54 bits per heavy atom. The summed E-state index contributed by atoms with van der Waals surface area (Å²) in [6, 6.07) is 13.9. The predicted octanol–water partition coefficient (Wildman–Crippen LogP) is 3.40. The molecule has 0 fully saturated rings. The second-order valence-electron chi connectivity index (χ2n) is 8.20. The Bertz CT molecular complexity index is 1350. The number of benzene rings is 3. The Kier molecular flexibility index (Phi) is 5.32. The number of amides is 1. The van der Waals surface area contributed by atoms with E-state index in [0.29, 0.717) is 22.3 Å². The molecule has 0 radical (unpaired) electrons. The van der Waals surface area contributed by atoms with Gasteiger partial charge in [-0.25, -0.2) is 4.79 Å². The van der Waals surface area contributed by atoms with Crippen LogP contribution in [0.5, 0.6) is 23.0 Å². The minimum Gasteiger partial charge on any atom is -0.508 e. The summed E-state index contributed by atoms with van der Waals surface area (Å²) in [5.41, 5.74) is 6.08. The molecule has 0 aromatic heterocycles. The molecule has 5 N–H and O–H groups in total. The fourth-order valence-corrected chi connectivity index (χ4v) is 5.50. The molecular formula is C25H19NO8S. The number of aliphatic carboxylic acids is 1. The van der Waals surface area contributed by atoms with Crippen molar-refractivity contribution in [2.45, 2.75) is 17.3 Å². The van der Waals surface area contributed by atoms with Crippen molar-refractivity contribution in [3.05, 3.63) is 82.4 Å². The fourth-order valence-electron chi connectivity index (χ4n) is 4.54. The second-order valence-corrected chi connectivity index (χ2v) is 9.39. The van der Waals surface area contributed by atoms with Gasteiger partial charge in [-0.3, -0.25) is 9.59 Å². The lowest BCUT2D eigenvalue weighted by atomic mass is 9.77. The van der Waals surface area contributed by atoms with Crippen molar-refractivity contribution in [2.75, 3.05) is 5.75 Å². The highest BCUT2D eigenvalue weighted by Gasteiger charge is 2.53. The Labute approximate surface area is 203 Å². The first-order valence-electron chi connectivity index (χ1n) is 10.5. The zero-order valence-corrected chi connectivity index (χ0v) is 18.9. The number of hydrogen-bond donors (Lipinski definition) is 4. The number of primary amides is 1. The first kappa shape index (κ1) is 22.6. The van der Waals surface area contributed by atoms with Gasteiger partial charge in [0.1, 0.15) is 23.0 Å². The number of carbonyl (C=O) groups excluding carboxylic acids is 2. The maximum absolute atomic E-state index is 13.2. The van der Waals surface area contributed by atoms with Gasteiger partial charge in [0, 0.05) is 34.1 Å². The van der Waals surface area contributed by atoms with Gasteiger partial charge in [0.25, 0.3) is 0 Å². The summed E-state index contributed by atoms with van der Waals surface area (Å²) < 4.78 is 11.9. The van der Waals surface area contributed by atoms with Crippen LogP contribution >= 0.6 is 11.8 Å². The van der Waals surface area contributed by atoms with Crippen LogP contribution in [0.1, 0.15) is 44.3 Å². The summed E-state index contributed by atoms with van der Waals surface area (Å²) in [5.74, 6) is -1.92. The molecule has 1 spiro atoms. The van der Waals surface area contributed by atoms with Crippen molar-refractivity contribution in [3.63, 3.8) is 0 Å². The number of ether oxygens (including phenoxy) is 2. The smallest absolute Gasteiger partial charge is 0.340 e. The van der Waals surface area contributed by atoms with Crippen LogP contribution in [0.25, 0.3) is 0 Å². The third-order valence-corrected chi connectivity index (χ3v) is 7.25. The van der Waals surface area contributed by atoms with Crippen molar-refractivity contribution < 1.29 is 39.2 Å². The maximum atomic E-state index is 13.2. The molecule has 1 atom stereocenters. The molecule has 3 aromatic rings. The molecule has 1 unspecified atom stereocenters. The van der Waals surface area contributed by atoms with Crippen LogP contribution in [0, 0.1) is 0 Å². The Balaban J connectivity index is 1.68. The highest BCUT2D eigenvalue weighted by molar-refractivity contribution is 8.00. The molecule has 2 heterocycles. The van der Waals surface area contributed by atoms with Gasteiger partial charge >= 0.3 is 11.9 Å². The van der Waals surface area contributed by atoms with E-state index in [1.165, 1.54) is 24.3 Å². The van der Waals surface area contributed by atoms with Gasteiger partial charge in [-0.15, -0.1) is 11.8 Å². The number of phenolic OH excluding ortho intramolecular Hbond substituents is 2. The number of rotatable bonds is 6. The zero-order valence-electron chi connectivity index (χ0n) is 18.1. The molecule has 0 saturated carbocycles. The number of carboxylic acid groups (broad SMARTS) is 1. The number of aromatic hydroxyl groups is 2. The SMILES string of the molecule is NC(=O)CSC(CC(=O)O)c1ccc2c(c1)C(=O)OC21c2ccc(O)cc2Oc2cc(O)ccc21. The van der Waals surface area contributed by atoms with Crippen molar-refractivity contribution >= 4 is 29.6 Å². The molecular weight excluding hydrogens is 474 g/mol. The summed E-state index contributed by atoms with van der Waals surface area (Å²) in [5, 5.41) is 28.7. The Morgan fingerprint density at radius 3 is 2.11 bits per heavy atom. The average Bonchev–Trinajstić information content (AvgIpc) is 3.08. The van der Waals surface area contributed by atoms with Crippen molar-refractivity contribution in [1.29, 1.82) is 0 Å². The van der Waals surface area contributed by atoms with Crippen LogP contribution in [-0.2, 0) is 19.9 Å². The minimum absolute atomic E-state index is 0.0506. The van der Waals surface area contributed by atoms with E-state index in [9.17, 15) is 29.7 Å². The lowest BCUT2D eigenvalue weighted by Gasteiger charge is -2.36. The van der Waals surface area contributed by atoms with Crippen LogP contribution in [0.4, 0.5) is 0 Å². The standard InChI is InChI=1S/C25H19NO8S/c26-22(29)11-35-21(10-23(30)31)12-1-4-16-15(7-12)24(32)34-25(16)17-5-2-13(27)8-19(17)33-20-9-14(28)3-6-18(20)25/h1-9,21,27-28H,10-11H2,(H2,26,29)(H,30,31). The molecule has 3 aromatic carbocycles. The van der Waals surface area contributed by atoms with Gasteiger partial charge in [-0.2, -0.15) is 0 Å². The second kappa shape index (κ2) is 8.24. The van der Waals surface area contributed by atoms with E-state index in [2.05, 4.69) is 0 Å². The van der Waals surface area contributed by atoms with E-state index in [4.69, 9.17) is 15.2 Å². The maximum Gasteiger partial charge on any atom is 0.340 e. The van der Waals surface area contributed by atoms with Gasteiger partial charge < -0.3 is 30.5 Å². The summed E-state index contributed by atoms with van der Waals surface area (Å²) in [4.78, 5) is 35.9. The van der Waals surface area contributed by atoms with Gasteiger partial charge in [0.05, 0.1) is 17.7 Å². The quantitative estimate of drug-likeness (QED) is 0.378. The van der Waals surface area contributed by atoms with Gasteiger partial charge in [0.15, 0.2) is 5.60 Å². The molecule has 178 valence electrons. The molecule has 35 heavy (non-hydrogen) atoms. The third kappa shape index (κ3) is 3.71. The number of carboxylic acids is 1. The van der Waals surface area contributed by atoms with Gasteiger partial charge in [0.2, 0.25) is 5.91 Å². The normalized spacial score (nSPS) is 15.4. The van der Waals surface area contributed by atoms with E-state index in [1.54, 1.807) is 30.3 Å². The number of esters is 1. The monoisotopic (exact) mass is 493 g/mol. The van der Waals surface area contributed by atoms with E-state index in [1.807, 2.05) is 0 Å². The van der Waals surface area contributed by atoms with Gasteiger partial charge in [-0.1, -0.05) is 12.1 Å².